The van der Waals surface area contributed by atoms with Gasteiger partial charge in [0.15, 0.2) is 6.61 Å². The monoisotopic (exact) mass is 375 g/mol. The summed E-state index contributed by atoms with van der Waals surface area (Å²) in [6.07, 6.45) is 0. The smallest absolute Gasteiger partial charge is 0.338 e. The van der Waals surface area contributed by atoms with E-state index in [1.165, 1.54) is 4.90 Å². The molecule has 0 aliphatic carbocycles. The molecule has 5 nitrogen and oxygen atoms in total. The Balaban J connectivity index is 1.55. The van der Waals surface area contributed by atoms with Crippen molar-refractivity contribution < 1.29 is 19.1 Å². The molecule has 3 rings (SSSR count). The second-order valence-electron chi connectivity index (χ2n) is 6.17. The number of amides is 1. The lowest BCUT2D eigenvalue weighted by atomic mass is 10.2. The molecule has 142 valence electrons. The maximum absolute atomic E-state index is 12.3. The van der Waals surface area contributed by atoms with Crippen LogP contribution in [-0.2, 0) is 16.1 Å². The first-order chi connectivity index (χ1) is 13.6. The maximum atomic E-state index is 12.3. The van der Waals surface area contributed by atoms with Gasteiger partial charge in [-0.15, -0.1) is 0 Å². The van der Waals surface area contributed by atoms with Gasteiger partial charge in [0.25, 0.3) is 5.91 Å². The number of esters is 1. The summed E-state index contributed by atoms with van der Waals surface area (Å²) < 4.78 is 10.9. The molecular weight excluding hydrogens is 354 g/mol. The minimum Gasteiger partial charge on any atom is -0.489 e. The largest absolute Gasteiger partial charge is 0.489 e. The van der Waals surface area contributed by atoms with Crippen molar-refractivity contribution in [2.45, 2.75) is 6.61 Å². The van der Waals surface area contributed by atoms with Crippen LogP contribution in [0.15, 0.2) is 84.9 Å². The second kappa shape index (κ2) is 9.37. The first kappa shape index (κ1) is 19.2. The molecule has 0 radical (unpaired) electrons. The van der Waals surface area contributed by atoms with Crippen LogP contribution in [0, 0.1) is 0 Å². The zero-order valence-corrected chi connectivity index (χ0v) is 15.6. The van der Waals surface area contributed by atoms with Crippen molar-refractivity contribution in [1.29, 1.82) is 0 Å². The van der Waals surface area contributed by atoms with Crippen molar-refractivity contribution in [1.82, 2.24) is 0 Å². The first-order valence-corrected chi connectivity index (χ1v) is 8.89. The maximum Gasteiger partial charge on any atom is 0.338 e. The fourth-order valence-electron chi connectivity index (χ4n) is 2.56. The van der Waals surface area contributed by atoms with Crippen molar-refractivity contribution in [2.24, 2.45) is 0 Å². The number of ether oxygens (including phenoxy) is 2. The SMILES string of the molecule is CN(C(=O)COC(=O)c1cccc(OCc2ccccc2)c1)c1ccccc1. The predicted molar refractivity (Wildman–Crippen MR) is 107 cm³/mol. The van der Waals surface area contributed by atoms with Gasteiger partial charge in [0.2, 0.25) is 0 Å². The number of carbonyl (C=O) groups is 2. The summed E-state index contributed by atoms with van der Waals surface area (Å²) in [6.45, 7) is 0.0685. The van der Waals surface area contributed by atoms with E-state index in [2.05, 4.69) is 0 Å². The number of likely N-dealkylation sites (N-methyl/N-ethyl adjacent to an activating group) is 1. The molecule has 0 aromatic heterocycles. The molecule has 0 N–H and O–H groups in total. The molecule has 3 aromatic rings. The third-order valence-electron chi connectivity index (χ3n) is 4.16. The number of hydrogen-bond donors (Lipinski definition) is 0. The summed E-state index contributed by atoms with van der Waals surface area (Å²) in [7, 11) is 1.64. The number of para-hydroxylation sites is 1. The summed E-state index contributed by atoms with van der Waals surface area (Å²) in [5.41, 5.74) is 2.10. The highest BCUT2D eigenvalue weighted by atomic mass is 16.5. The quantitative estimate of drug-likeness (QED) is 0.584. The number of benzene rings is 3. The third kappa shape index (κ3) is 5.20. The van der Waals surface area contributed by atoms with Gasteiger partial charge in [-0.1, -0.05) is 54.6 Å². The molecular formula is C23H21NO4. The van der Waals surface area contributed by atoms with Crippen LogP contribution in [0.2, 0.25) is 0 Å². The van der Waals surface area contributed by atoms with Crippen LogP contribution >= 0.6 is 0 Å². The van der Waals surface area contributed by atoms with Crippen molar-refractivity contribution in [3.63, 3.8) is 0 Å². The number of rotatable bonds is 7. The summed E-state index contributed by atoms with van der Waals surface area (Å²) in [6, 6.07) is 25.7. The van der Waals surface area contributed by atoms with Gasteiger partial charge in [-0.2, -0.15) is 0 Å². The van der Waals surface area contributed by atoms with Gasteiger partial charge in [0, 0.05) is 12.7 Å². The molecule has 3 aromatic carbocycles. The van der Waals surface area contributed by atoms with Gasteiger partial charge < -0.3 is 14.4 Å². The Bertz CT molecular complexity index is 926. The Kier molecular flexibility index (Phi) is 6.41. The highest BCUT2D eigenvalue weighted by molar-refractivity contribution is 5.96. The van der Waals surface area contributed by atoms with E-state index < -0.39 is 5.97 Å². The number of carbonyl (C=O) groups excluding carboxylic acids is 2. The molecule has 0 spiro atoms. The van der Waals surface area contributed by atoms with E-state index >= 15 is 0 Å². The van der Waals surface area contributed by atoms with Crippen LogP contribution < -0.4 is 9.64 Å². The van der Waals surface area contributed by atoms with Crippen LogP contribution in [0.5, 0.6) is 5.75 Å². The lowest BCUT2D eigenvalue weighted by Gasteiger charge is -2.17. The average Bonchev–Trinajstić information content (AvgIpc) is 2.76. The van der Waals surface area contributed by atoms with Crippen molar-refractivity contribution in [3.05, 3.63) is 96.1 Å². The Morgan fingerprint density at radius 1 is 0.857 bits per heavy atom. The van der Waals surface area contributed by atoms with E-state index in [1.54, 1.807) is 31.3 Å². The predicted octanol–water partition coefficient (Wildman–Crippen LogP) is 4.09. The fourth-order valence-corrected chi connectivity index (χ4v) is 2.56. The van der Waals surface area contributed by atoms with Crippen molar-refractivity contribution in [2.75, 3.05) is 18.6 Å². The summed E-state index contributed by atoms with van der Waals surface area (Å²) in [5.74, 6) is -0.318. The van der Waals surface area contributed by atoms with E-state index in [0.29, 0.717) is 17.9 Å². The Hall–Kier alpha value is -3.60. The summed E-state index contributed by atoms with van der Waals surface area (Å²) >= 11 is 0. The third-order valence-corrected chi connectivity index (χ3v) is 4.16. The lowest BCUT2D eigenvalue weighted by Crippen LogP contribution is -2.31. The van der Waals surface area contributed by atoms with Gasteiger partial charge in [0.05, 0.1) is 5.56 Å². The molecule has 5 heteroatoms. The minimum absolute atomic E-state index is 0.309. The van der Waals surface area contributed by atoms with E-state index in [0.717, 1.165) is 11.3 Å². The van der Waals surface area contributed by atoms with Gasteiger partial charge in [-0.25, -0.2) is 4.79 Å². The van der Waals surface area contributed by atoms with Gasteiger partial charge >= 0.3 is 5.97 Å². The normalized spacial score (nSPS) is 10.2. The minimum atomic E-state index is -0.569. The highest BCUT2D eigenvalue weighted by Crippen LogP contribution is 2.16. The molecule has 0 fully saturated rings. The van der Waals surface area contributed by atoms with E-state index in [9.17, 15) is 9.59 Å². The fraction of sp³-hybridized carbons (Fsp3) is 0.130. The topological polar surface area (TPSA) is 55.8 Å². The van der Waals surface area contributed by atoms with Crippen LogP contribution in [0.1, 0.15) is 15.9 Å². The van der Waals surface area contributed by atoms with Gasteiger partial charge in [-0.3, -0.25) is 4.79 Å². The van der Waals surface area contributed by atoms with Gasteiger partial charge in [0.1, 0.15) is 12.4 Å². The first-order valence-electron chi connectivity index (χ1n) is 8.89. The Morgan fingerprint density at radius 2 is 1.54 bits per heavy atom. The summed E-state index contributed by atoms with van der Waals surface area (Å²) in [4.78, 5) is 26.0. The van der Waals surface area contributed by atoms with E-state index in [-0.39, 0.29) is 12.5 Å². The number of nitrogens with zero attached hydrogens (tertiary/aromatic N) is 1. The standard InChI is InChI=1S/C23H21NO4/c1-24(20-12-6-3-7-13-20)22(25)17-28-23(26)19-11-8-14-21(15-19)27-16-18-9-4-2-5-10-18/h2-15H,16-17H2,1H3. The van der Waals surface area contributed by atoms with E-state index in [1.807, 2.05) is 60.7 Å². The van der Waals surface area contributed by atoms with Gasteiger partial charge in [-0.05, 0) is 35.9 Å². The molecule has 0 bridgehead atoms. The molecule has 0 aliphatic rings. The van der Waals surface area contributed by atoms with Crippen LogP contribution in [0.3, 0.4) is 0 Å². The molecule has 0 unspecified atom stereocenters. The molecule has 0 saturated carbocycles. The molecule has 0 heterocycles. The van der Waals surface area contributed by atoms with Crippen LogP contribution in [0.25, 0.3) is 0 Å². The number of hydrogen-bond acceptors (Lipinski definition) is 4. The molecule has 0 atom stereocenters. The molecule has 28 heavy (non-hydrogen) atoms. The Morgan fingerprint density at radius 3 is 2.25 bits per heavy atom. The van der Waals surface area contributed by atoms with Crippen molar-refractivity contribution in [3.8, 4) is 5.75 Å². The van der Waals surface area contributed by atoms with Crippen LogP contribution in [0.4, 0.5) is 5.69 Å². The zero-order valence-electron chi connectivity index (χ0n) is 15.6. The van der Waals surface area contributed by atoms with Crippen LogP contribution in [-0.4, -0.2) is 25.5 Å². The molecule has 0 saturated heterocycles. The second-order valence-corrected chi connectivity index (χ2v) is 6.17. The zero-order chi connectivity index (χ0) is 19.8. The number of anilines is 1. The molecule has 0 aliphatic heterocycles. The van der Waals surface area contributed by atoms with E-state index in [4.69, 9.17) is 9.47 Å². The summed E-state index contributed by atoms with van der Waals surface area (Å²) in [5, 5.41) is 0. The molecule has 1 amide bonds. The lowest BCUT2D eigenvalue weighted by molar-refractivity contribution is -0.121. The Labute approximate surface area is 164 Å². The average molecular weight is 375 g/mol. The highest BCUT2D eigenvalue weighted by Gasteiger charge is 2.15. The van der Waals surface area contributed by atoms with Crippen molar-refractivity contribution >= 4 is 17.6 Å².